The molecule has 238 valence electrons. The largest absolute Gasteiger partial charge is 0.456 e. The minimum Gasteiger partial charge on any atom is -0.456 e. The molecular weight excluding hydrogens is 623 g/mol. The van der Waals surface area contributed by atoms with E-state index in [1.54, 1.807) is 0 Å². The molecule has 0 radical (unpaired) electrons. The predicted octanol–water partition coefficient (Wildman–Crippen LogP) is 12.4. The van der Waals surface area contributed by atoms with E-state index in [4.69, 9.17) is 19.4 Å². The van der Waals surface area contributed by atoms with Crippen LogP contribution in [0.4, 0.5) is 0 Å². The van der Waals surface area contributed by atoms with Gasteiger partial charge in [0.15, 0.2) is 17.5 Å². The highest BCUT2D eigenvalue weighted by Crippen LogP contribution is 2.40. The number of fused-ring (bicyclic) bond motifs is 6. The Morgan fingerprint density at radius 1 is 0.314 bits per heavy atom. The van der Waals surface area contributed by atoms with E-state index < -0.39 is 0 Å². The summed E-state index contributed by atoms with van der Waals surface area (Å²) in [5.74, 6) is 1.90. The molecule has 0 aliphatic carbocycles. The highest BCUT2D eigenvalue weighted by Gasteiger charge is 2.17. The van der Waals surface area contributed by atoms with Gasteiger partial charge in [-0.15, -0.1) is 0 Å². The van der Waals surface area contributed by atoms with E-state index in [-0.39, 0.29) is 0 Å². The van der Waals surface area contributed by atoms with Crippen LogP contribution in [-0.2, 0) is 0 Å². The fourth-order valence-electron chi connectivity index (χ4n) is 7.18. The maximum absolute atomic E-state index is 6.40. The van der Waals surface area contributed by atoms with E-state index in [9.17, 15) is 0 Å². The molecule has 2 aromatic heterocycles. The van der Waals surface area contributed by atoms with Gasteiger partial charge in [0.25, 0.3) is 0 Å². The maximum atomic E-state index is 6.40. The van der Waals surface area contributed by atoms with Gasteiger partial charge < -0.3 is 4.42 Å². The molecule has 0 amide bonds. The standard InChI is InChI=1S/C47H29N3O/c1-3-11-30(12-4-1)37-28-41(44-40-17-9-10-18-42(40)51-43(44)29-37)32-19-22-34(23-20-32)46-48-45(33-14-5-2-6-15-33)49-47(50-46)36-25-26-39-35(27-36)24-21-31-13-7-8-16-38(31)39/h1-29H. The lowest BCUT2D eigenvalue weighted by Gasteiger charge is -2.11. The van der Waals surface area contributed by atoms with Crippen LogP contribution in [0.1, 0.15) is 0 Å². The Hall–Kier alpha value is -6.91. The normalized spacial score (nSPS) is 11.5. The van der Waals surface area contributed by atoms with Gasteiger partial charge in [-0.2, -0.15) is 0 Å². The van der Waals surface area contributed by atoms with E-state index in [0.717, 1.165) is 66.3 Å². The Balaban J connectivity index is 1.11. The van der Waals surface area contributed by atoms with Gasteiger partial charge in [0.05, 0.1) is 0 Å². The Bertz CT molecular complexity index is 2900. The summed E-state index contributed by atoms with van der Waals surface area (Å²) in [4.78, 5) is 15.1. The van der Waals surface area contributed by atoms with Gasteiger partial charge in [-0.3, -0.25) is 0 Å². The van der Waals surface area contributed by atoms with Crippen molar-refractivity contribution in [2.45, 2.75) is 0 Å². The van der Waals surface area contributed by atoms with Crippen molar-refractivity contribution in [2.75, 3.05) is 0 Å². The molecule has 0 saturated heterocycles. The van der Waals surface area contributed by atoms with Crippen LogP contribution in [0.2, 0.25) is 0 Å². The smallest absolute Gasteiger partial charge is 0.164 e. The van der Waals surface area contributed by atoms with Gasteiger partial charge in [-0.25, -0.2) is 15.0 Å². The highest BCUT2D eigenvalue weighted by molar-refractivity contribution is 6.14. The molecule has 2 heterocycles. The van der Waals surface area contributed by atoms with Gasteiger partial charge in [0.1, 0.15) is 11.2 Å². The van der Waals surface area contributed by atoms with Crippen LogP contribution < -0.4 is 0 Å². The Morgan fingerprint density at radius 2 is 0.863 bits per heavy atom. The minimum absolute atomic E-state index is 0.626. The average Bonchev–Trinajstić information content (AvgIpc) is 3.59. The third kappa shape index (κ3) is 5.13. The first kappa shape index (κ1) is 29.0. The van der Waals surface area contributed by atoms with Gasteiger partial charge in [-0.05, 0) is 68.1 Å². The molecule has 10 rings (SSSR count). The molecule has 0 aliphatic rings. The highest BCUT2D eigenvalue weighted by atomic mass is 16.3. The first-order chi connectivity index (χ1) is 25.2. The number of furan rings is 1. The van der Waals surface area contributed by atoms with Gasteiger partial charge >= 0.3 is 0 Å². The molecule has 8 aromatic carbocycles. The first-order valence-electron chi connectivity index (χ1n) is 17.1. The summed E-state index contributed by atoms with van der Waals surface area (Å²) < 4.78 is 6.40. The molecule has 4 nitrogen and oxygen atoms in total. The summed E-state index contributed by atoms with van der Waals surface area (Å²) in [6.07, 6.45) is 0. The van der Waals surface area contributed by atoms with Crippen LogP contribution in [-0.4, -0.2) is 15.0 Å². The van der Waals surface area contributed by atoms with E-state index in [1.165, 1.54) is 16.2 Å². The number of hydrogen-bond donors (Lipinski definition) is 0. The maximum Gasteiger partial charge on any atom is 0.164 e. The van der Waals surface area contributed by atoms with Crippen LogP contribution in [0.25, 0.3) is 99.9 Å². The third-order valence-corrected chi connectivity index (χ3v) is 9.71. The SMILES string of the molecule is c1ccc(-c2cc(-c3ccc(-c4nc(-c5ccccc5)nc(-c5ccc6c(ccc7ccccc76)c5)n4)cc3)c3c(c2)oc2ccccc23)cc1. The van der Waals surface area contributed by atoms with Crippen molar-refractivity contribution in [3.63, 3.8) is 0 Å². The summed E-state index contributed by atoms with van der Waals surface area (Å²) in [6, 6.07) is 61.1. The van der Waals surface area contributed by atoms with Gasteiger partial charge in [0.2, 0.25) is 0 Å². The summed E-state index contributed by atoms with van der Waals surface area (Å²) in [7, 11) is 0. The summed E-state index contributed by atoms with van der Waals surface area (Å²) in [6.45, 7) is 0. The van der Waals surface area contributed by atoms with Crippen molar-refractivity contribution in [1.82, 2.24) is 15.0 Å². The number of rotatable bonds is 5. The van der Waals surface area contributed by atoms with Gasteiger partial charge in [-0.1, -0.05) is 152 Å². The molecule has 0 N–H and O–H groups in total. The lowest BCUT2D eigenvalue weighted by molar-refractivity contribution is 0.669. The number of nitrogens with zero attached hydrogens (tertiary/aromatic N) is 3. The van der Waals surface area contributed by atoms with E-state index in [0.29, 0.717) is 17.5 Å². The van der Waals surface area contributed by atoms with Crippen LogP contribution in [0.5, 0.6) is 0 Å². The van der Waals surface area contributed by atoms with Crippen molar-refractivity contribution in [3.8, 4) is 56.4 Å². The number of para-hydroxylation sites is 1. The van der Waals surface area contributed by atoms with E-state index in [1.807, 2.05) is 48.5 Å². The molecule has 0 saturated carbocycles. The summed E-state index contributed by atoms with van der Waals surface area (Å²) in [5, 5.41) is 7.02. The Kier molecular flexibility index (Phi) is 6.78. The fourth-order valence-corrected chi connectivity index (χ4v) is 7.18. The lowest BCUT2D eigenvalue weighted by atomic mass is 9.94. The molecule has 0 atom stereocenters. The second-order valence-corrected chi connectivity index (χ2v) is 12.8. The van der Waals surface area contributed by atoms with Crippen molar-refractivity contribution in [3.05, 3.63) is 176 Å². The second kappa shape index (κ2) is 11.9. The van der Waals surface area contributed by atoms with Crippen molar-refractivity contribution in [1.29, 1.82) is 0 Å². The monoisotopic (exact) mass is 651 g/mol. The lowest BCUT2D eigenvalue weighted by Crippen LogP contribution is -2.00. The zero-order valence-corrected chi connectivity index (χ0v) is 27.5. The molecule has 0 spiro atoms. The molecule has 0 fully saturated rings. The molecular formula is C47H29N3O. The molecule has 4 heteroatoms. The summed E-state index contributed by atoms with van der Waals surface area (Å²) in [5.41, 5.74) is 9.02. The van der Waals surface area contributed by atoms with E-state index in [2.05, 4.69) is 127 Å². The van der Waals surface area contributed by atoms with Crippen molar-refractivity contribution in [2.24, 2.45) is 0 Å². The zero-order chi connectivity index (χ0) is 33.7. The van der Waals surface area contributed by atoms with Gasteiger partial charge in [0, 0.05) is 27.5 Å². The van der Waals surface area contributed by atoms with E-state index >= 15 is 0 Å². The van der Waals surface area contributed by atoms with Crippen molar-refractivity contribution >= 4 is 43.5 Å². The Labute approximate surface area is 294 Å². The number of aromatic nitrogens is 3. The average molecular weight is 652 g/mol. The second-order valence-electron chi connectivity index (χ2n) is 12.8. The minimum atomic E-state index is 0.626. The molecule has 0 unspecified atom stereocenters. The van der Waals surface area contributed by atoms with Crippen LogP contribution in [0.3, 0.4) is 0 Å². The predicted molar refractivity (Wildman–Crippen MR) is 209 cm³/mol. The Morgan fingerprint density at radius 3 is 1.63 bits per heavy atom. The van der Waals surface area contributed by atoms with Crippen LogP contribution in [0, 0.1) is 0 Å². The van der Waals surface area contributed by atoms with Crippen LogP contribution in [0.15, 0.2) is 180 Å². The van der Waals surface area contributed by atoms with Crippen LogP contribution >= 0.6 is 0 Å². The topological polar surface area (TPSA) is 51.8 Å². The van der Waals surface area contributed by atoms with Crippen molar-refractivity contribution < 1.29 is 4.42 Å². The zero-order valence-electron chi connectivity index (χ0n) is 27.5. The quantitative estimate of drug-likeness (QED) is 0.174. The number of benzene rings is 8. The summed E-state index contributed by atoms with van der Waals surface area (Å²) >= 11 is 0. The molecule has 0 bridgehead atoms. The molecule has 10 aromatic rings. The molecule has 51 heavy (non-hydrogen) atoms. The third-order valence-electron chi connectivity index (χ3n) is 9.71. The fraction of sp³-hybridized carbons (Fsp3) is 0. The molecule has 0 aliphatic heterocycles. The first-order valence-corrected chi connectivity index (χ1v) is 17.1. The number of hydrogen-bond acceptors (Lipinski definition) is 4.